The van der Waals surface area contributed by atoms with Crippen molar-refractivity contribution in [3.63, 3.8) is 0 Å². The number of benzene rings is 2. The molecule has 0 aliphatic rings. The van der Waals surface area contributed by atoms with Crippen molar-refractivity contribution in [1.29, 1.82) is 0 Å². The number of halogens is 3. The zero-order valence-corrected chi connectivity index (χ0v) is 18.2. The van der Waals surface area contributed by atoms with Crippen molar-refractivity contribution in [1.82, 2.24) is 20.8 Å². The molecule has 1 aromatic heterocycles. The molecule has 28 heavy (non-hydrogen) atoms. The smallest absolute Gasteiger partial charge is 0.246 e. The molecule has 6 nitrogen and oxygen atoms in total. The van der Waals surface area contributed by atoms with E-state index < -0.39 is 0 Å². The molecule has 9 heteroatoms. The fourth-order valence-corrected chi connectivity index (χ4v) is 2.66. The van der Waals surface area contributed by atoms with Gasteiger partial charge in [-0.05, 0) is 30.2 Å². The van der Waals surface area contributed by atoms with Crippen molar-refractivity contribution in [2.75, 3.05) is 13.6 Å². The molecule has 0 fully saturated rings. The van der Waals surface area contributed by atoms with Gasteiger partial charge in [-0.1, -0.05) is 47.1 Å². The summed E-state index contributed by atoms with van der Waals surface area (Å²) in [5.74, 6) is 1.24. The molecular formula is C19H20ClFIN5O. The summed E-state index contributed by atoms with van der Waals surface area (Å²) in [6.45, 7) is 0.852. The second-order valence-corrected chi connectivity index (χ2v) is 6.15. The van der Waals surface area contributed by atoms with Crippen LogP contribution in [0.5, 0.6) is 0 Å². The summed E-state index contributed by atoms with van der Waals surface area (Å²) in [5.41, 5.74) is 1.44. The molecule has 0 aliphatic heterocycles. The number of hydrogen-bond donors (Lipinski definition) is 2. The van der Waals surface area contributed by atoms with Crippen LogP contribution in [-0.4, -0.2) is 29.7 Å². The Hall–Kier alpha value is -2.20. The molecule has 148 valence electrons. The van der Waals surface area contributed by atoms with E-state index in [4.69, 9.17) is 16.1 Å². The van der Waals surface area contributed by atoms with Crippen molar-refractivity contribution in [3.8, 4) is 11.4 Å². The maximum atomic E-state index is 13.6. The summed E-state index contributed by atoms with van der Waals surface area (Å²) in [5, 5.41) is 10.8. The Morgan fingerprint density at radius 3 is 2.75 bits per heavy atom. The van der Waals surface area contributed by atoms with Crippen LogP contribution in [-0.2, 0) is 13.0 Å². The van der Waals surface area contributed by atoms with Crippen LogP contribution in [0, 0.1) is 5.82 Å². The highest BCUT2D eigenvalue weighted by Gasteiger charge is 2.09. The van der Waals surface area contributed by atoms with Gasteiger partial charge in [0.15, 0.2) is 5.96 Å². The first kappa shape index (κ1) is 22.1. The predicted octanol–water partition coefficient (Wildman–Crippen LogP) is 4.05. The van der Waals surface area contributed by atoms with Gasteiger partial charge in [0.05, 0.1) is 6.54 Å². The van der Waals surface area contributed by atoms with Crippen LogP contribution in [0.25, 0.3) is 11.4 Å². The van der Waals surface area contributed by atoms with Crippen molar-refractivity contribution in [3.05, 3.63) is 70.8 Å². The summed E-state index contributed by atoms with van der Waals surface area (Å²) in [4.78, 5) is 8.46. The highest BCUT2D eigenvalue weighted by molar-refractivity contribution is 14.0. The number of aromatic nitrogens is 2. The fourth-order valence-electron chi connectivity index (χ4n) is 2.47. The number of nitrogens with one attached hydrogen (secondary N) is 2. The van der Waals surface area contributed by atoms with E-state index >= 15 is 0 Å². The largest absolute Gasteiger partial charge is 0.356 e. The lowest BCUT2D eigenvalue weighted by Crippen LogP contribution is -2.38. The van der Waals surface area contributed by atoms with Crippen LogP contribution < -0.4 is 10.6 Å². The van der Waals surface area contributed by atoms with Gasteiger partial charge in [-0.2, -0.15) is 4.98 Å². The van der Waals surface area contributed by atoms with E-state index in [1.807, 2.05) is 18.2 Å². The minimum Gasteiger partial charge on any atom is -0.356 e. The van der Waals surface area contributed by atoms with Crippen molar-refractivity contribution in [2.45, 2.75) is 13.0 Å². The Morgan fingerprint density at radius 2 is 2.00 bits per heavy atom. The molecule has 0 spiro atoms. The summed E-state index contributed by atoms with van der Waals surface area (Å²) < 4.78 is 18.9. The van der Waals surface area contributed by atoms with Crippen molar-refractivity contribution in [2.24, 2.45) is 4.99 Å². The standard InChI is InChI=1S/C19H19ClFN5O.HI/c1-22-19(23-10-9-13-5-2-3-8-16(13)21)24-12-17-25-18(26-27-17)14-6-4-7-15(20)11-14;/h2-8,11H,9-10,12H2,1H3,(H2,22,23,24);1H. The summed E-state index contributed by atoms with van der Waals surface area (Å²) in [7, 11) is 1.66. The molecular weight excluding hydrogens is 496 g/mol. The van der Waals surface area contributed by atoms with Crippen LogP contribution in [0.15, 0.2) is 58.0 Å². The monoisotopic (exact) mass is 515 g/mol. The van der Waals surface area contributed by atoms with Crippen LogP contribution in [0.2, 0.25) is 5.02 Å². The van der Waals surface area contributed by atoms with Crippen molar-refractivity contribution >= 4 is 41.5 Å². The lowest BCUT2D eigenvalue weighted by molar-refractivity contribution is 0.375. The highest BCUT2D eigenvalue weighted by atomic mass is 127. The van der Waals surface area contributed by atoms with Gasteiger partial charge in [0.2, 0.25) is 11.7 Å². The predicted molar refractivity (Wildman–Crippen MR) is 118 cm³/mol. The first-order chi connectivity index (χ1) is 13.2. The molecule has 2 N–H and O–H groups in total. The third-order valence-electron chi connectivity index (χ3n) is 3.83. The third kappa shape index (κ3) is 6.16. The van der Waals surface area contributed by atoms with Gasteiger partial charge in [-0.25, -0.2) is 4.39 Å². The lowest BCUT2D eigenvalue weighted by Gasteiger charge is -2.10. The van der Waals surface area contributed by atoms with Gasteiger partial charge >= 0.3 is 0 Å². The Kier molecular flexibility index (Phi) is 8.65. The molecule has 0 radical (unpaired) electrons. The Morgan fingerprint density at radius 1 is 1.18 bits per heavy atom. The first-order valence-electron chi connectivity index (χ1n) is 8.42. The summed E-state index contributed by atoms with van der Waals surface area (Å²) in [6, 6.07) is 14.0. The van der Waals surface area contributed by atoms with E-state index in [9.17, 15) is 4.39 Å². The number of aliphatic imine (C=N–C) groups is 1. The Balaban J connectivity index is 0.00000280. The van der Waals surface area contributed by atoms with E-state index in [0.29, 0.717) is 47.8 Å². The number of nitrogens with zero attached hydrogens (tertiary/aromatic N) is 3. The van der Waals surface area contributed by atoms with Gasteiger partial charge in [0.1, 0.15) is 5.82 Å². The van der Waals surface area contributed by atoms with Crippen LogP contribution in [0.1, 0.15) is 11.5 Å². The quantitative estimate of drug-likeness (QED) is 0.294. The van der Waals surface area contributed by atoms with Crippen molar-refractivity contribution < 1.29 is 8.91 Å². The third-order valence-corrected chi connectivity index (χ3v) is 4.06. The van der Waals surface area contributed by atoms with Gasteiger partial charge < -0.3 is 15.2 Å². The topological polar surface area (TPSA) is 75.3 Å². The highest BCUT2D eigenvalue weighted by Crippen LogP contribution is 2.19. The van der Waals surface area contributed by atoms with Crippen LogP contribution in [0.3, 0.4) is 0 Å². The number of guanidine groups is 1. The zero-order chi connectivity index (χ0) is 19.1. The maximum absolute atomic E-state index is 13.6. The average molecular weight is 516 g/mol. The number of rotatable bonds is 6. The minimum absolute atomic E-state index is 0. The van der Waals surface area contributed by atoms with E-state index in [1.165, 1.54) is 6.07 Å². The second kappa shape index (κ2) is 11.0. The van der Waals surface area contributed by atoms with Gasteiger partial charge in [0, 0.05) is 24.2 Å². The SMILES string of the molecule is CN=C(NCCc1ccccc1F)NCc1nc(-c2cccc(Cl)c2)no1.I. The minimum atomic E-state index is -0.207. The van der Waals surface area contributed by atoms with Gasteiger partial charge in [-0.3, -0.25) is 4.99 Å². The molecule has 3 aromatic rings. The number of hydrogen-bond acceptors (Lipinski definition) is 4. The Bertz CT molecular complexity index is 934. The molecule has 2 aromatic carbocycles. The zero-order valence-electron chi connectivity index (χ0n) is 15.2. The van der Waals surface area contributed by atoms with E-state index in [2.05, 4.69) is 25.8 Å². The molecule has 0 aliphatic carbocycles. The maximum Gasteiger partial charge on any atom is 0.246 e. The molecule has 0 unspecified atom stereocenters. The van der Waals surface area contributed by atoms with Crippen LogP contribution in [0.4, 0.5) is 4.39 Å². The van der Waals surface area contributed by atoms with E-state index in [1.54, 1.807) is 31.3 Å². The summed E-state index contributed by atoms with van der Waals surface area (Å²) >= 11 is 5.98. The first-order valence-corrected chi connectivity index (χ1v) is 8.80. The van der Waals surface area contributed by atoms with E-state index in [0.717, 1.165) is 5.56 Å². The molecule has 1 heterocycles. The van der Waals surface area contributed by atoms with E-state index in [-0.39, 0.29) is 29.8 Å². The summed E-state index contributed by atoms with van der Waals surface area (Å²) in [6.07, 6.45) is 0.548. The second-order valence-electron chi connectivity index (χ2n) is 5.72. The molecule has 0 atom stereocenters. The Labute approximate surface area is 184 Å². The molecule has 3 rings (SSSR count). The van der Waals surface area contributed by atoms with Crippen LogP contribution >= 0.6 is 35.6 Å². The average Bonchev–Trinajstić information content (AvgIpc) is 3.15. The normalized spacial score (nSPS) is 11.0. The molecule has 0 saturated heterocycles. The van der Waals surface area contributed by atoms with Gasteiger partial charge in [0.25, 0.3) is 0 Å². The lowest BCUT2D eigenvalue weighted by atomic mass is 10.1. The molecule has 0 amide bonds. The molecule has 0 bridgehead atoms. The van der Waals surface area contributed by atoms with Gasteiger partial charge in [-0.15, -0.1) is 24.0 Å². The fraction of sp³-hybridized carbons (Fsp3) is 0.211. The molecule has 0 saturated carbocycles.